The van der Waals surface area contributed by atoms with E-state index in [2.05, 4.69) is 50.2 Å². The third-order valence-corrected chi connectivity index (χ3v) is 6.51. The first-order chi connectivity index (χ1) is 14.2. The van der Waals surface area contributed by atoms with Crippen molar-refractivity contribution in [3.05, 3.63) is 54.1 Å². The van der Waals surface area contributed by atoms with Crippen molar-refractivity contribution in [1.82, 2.24) is 20.1 Å². The highest BCUT2D eigenvalue weighted by molar-refractivity contribution is 5.95. The molecule has 1 aliphatic carbocycles. The van der Waals surface area contributed by atoms with Crippen LogP contribution in [-0.2, 0) is 6.54 Å². The second-order valence-electron chi connectivity index (χ2n) is 8.60. The van der Waals surface area contributed by atoms with Gasteiger partial charge in [0.15, 0.2) is 0 Å². The van der Waals surface area contributed by atoms with Gasteiger partial charge in [-0.25, -0.2) is 0 Å². The summed E-state index contributed by atoms with van der Waals surface area (Å²) < 4.78 is 0. The smallest absolute Gasteiger partial charge is 0.100 e. The first kappa shape index (κ1) is 18.2. The number of anilines is 1. The molecule has 5 rings (SSSR count). The van der Waals surface area contributed by atoms with Crippen molar-refractivity contribution >= 4 is 16.6 Å². The second-order valence-corrected chi connectivity index (χ2v) is 8.60. The number of fused-ring (bicyclic) bond motifs is 2. The van der Waals surface area contributed by atoms with Gasteiger partial charge >= 0.3 is 0 Å². The van der Waals surface area contributed by atoms with Gasteiger partial charge in [-0.15, -0.1) is 0 Å². The van der Waals surface area contributed by atoms with Crippen LogP contribution in [0.25, 0.3) is 22.2 Å². The minimum atomic E-state index is 0.885. The Morgan fingerprint density at radius 1 is 1.17 bits per heavy atom. The normalized spacial score (nSPS) is 17.4. The highest BCUT2D eigenvalue weighted by Crippen LogP contribution is 2.35. The van der Waals surface area contributed by atoms with Crippen LogP contribution in [0.15, 0.2) is 42.9 Å². The van der Waals surface area contributed by atoms with Crippen LogP contribution in [0.2, 0.25) is 0 Å². The van der Waals surface area contributed by atoms with Crippen molar-refractivity contribution in [2.75, 3.05) is 11.9 Å². The molecule has 5 heteroatoms. The fourth-order valence-corrected chi connectivity index (χ4v) is 4.83. The summed E-state index contributed by atoms with van der Waals surface area (Å²) in [5.74, 6) is 1.90. The number of pyridine rings is 1. The lowest BCUT2D eigenvalue weighted by Crippen LogP contribution is -2.32. The number of rotatable bonds is 4. The number of hydrogen-bond donors (Lipinski definition) is 2. The first-order valence-corrected chi connectivity index (χ1v) is 10.8. The Labute approximate surface area is 172 Å². The average molecular weight is 388 g/mol. The van der Waals surface area contributed by atoms with Crippen molar-refractivity contribution in [3.8, 4) is 11.3 Å². The Morgan fingerprint density at radius 2 is 2.03 bits per heavy atom. The Kier molecular flexibility index (Phi) is 4.74. The summed E-state index contributed by atoms with van der Waals surface area (Å²) in [5.41, 5.74) is 6.59. The number of H-pyrrole nitrogens is 1. The molecule has 0 amide bonds. The van der Waals surface area contributed by atoms with Crippen molar-refractivity contribution in [3.63, 3.8) is 0 Å². The molecule has 1 aliphatic heterocycles. The molecule has 2 N–H and O–H groups in total. The van der Waals surface area contributed by atoms with Crippen LogP contribution in [0.1, 0.15) is 49.8 Å². The maximum Gasteiger partial charge on any atom is 0.100 e. The van der Waals surface area contributed by atoms with Gasteiger partial charge in [0.25, 0.3) is 0 Å². The third-order valence-electron chi connectivity index (χ3n) is 6.51. The van der Waals surface area contributed by atoms with Crippen LogP contribution in [0.3, 0.4) is 0 Å². The van der Waals surface area contributed by atoms with Crippen molar-refractivity contribution in [2.24, 2.45) is 5.92 Å². The molecule has 150 valence electrons. The Hall–Kier alpha value is -2.82. The molecule has 2 aliphatic rings. The van der Waals surface area contributed by atoms with Gasteiger partial charge in [-0.05, 0) is 49.1 Å². The topological polar surface area (TPSA) is 56.8 Å². The summed E-state index contributed by atoms with van der Waals surface area (Å²) in [4.78, 5) is 6.71. The molecule has 1 saturated carbocycles. The van der Waals surface area contributed by atoms with Crippen molar-refractivity contribution in [1.29, 1.82) is 0 Å². The summed E-state index contributed by atoms with van der Waals surface area (Å²) in [5, 5.41) is 12.5. The van der Waals surface area contributed by atoms with Crippen LogP contribution in [0, 0.1) is 12.8 Å². The number of benzene rings is 1. The van der Waals surface area contributed by atoms with Gasteiger partial charge in [-0.2, -0.15) is 5.10 Å². The molecule has 2 aromatic heterocycles. The molecule has 0 radical (unpaired) electrons. The summed E-state index contributed by atoms with van der Waals surface area (Å²) in [6, 6.07) is 8.56. The van der Waals surface area contributed by atoms with E-state index >= 15 is 0 Å². The number of nitrogens with one attached hydrogen (secondary N) is 2. The van der Waals surface area contributed by atoms with E-state index in [1.165, 1.54) is 44.1 Å². The van der Waals surface area contributed by atoms with E-state index in [-0.39, 0.29) is 0 Å². The number of aryl methyl sites for hydroxylation is 1. The molecule has 0 bridgehead atoms. The molecule has 0 spiro atoms. The standard InChI is InChI=1S/C24H29N5/c1-16-12-19(8-10-25-16)24-21-13-20-15-29(11-9-18-6-4-3-5-7-18)17(2)26-22(20)14-23(21)27-28-24/h8,10,12-14,18,26H,2-7,9,11,15H2,1H3,(H,27,28). The highest BCUT2D eigenvalue weighted by atomic mass is 15.3. The van der Waals surface area contributed by atoms with E-state index in [0.717, 1.165) is 58.4 Å². The van der Waals surface area contributed by atoms with Gasteiger partial charge in [0.05, 0.1) is 11.3 Å². The predicted molar refractivity (Wildman–Crippen MR) is 118 cm³/mol. The van der Waals surface area contributed by atoms with Crippen LogP contribution in [0.5, 0.6) is 0 Å². The SMILES string of the molecule is C=C1Nc2cc3[nH]nc(-c4ccnc(C)c4)c3cc2CN1CCC1CCCCC1. The van der Waals surface area contributed by atoms with Crippen LogP contribution >= 0.6 is 0 Å². The largest absolute Gasteiger partial charge is 0.354 e. The lowest BCUT2D eigenvalue weighted by atomic mass is 9.87. The Bertz CT molecular complexity index is 1040. The Morgan fingerprint density at radius 3 is 2.86 bits per heavy atom. The molecule has 0 unspecified atom stereocenters. The molecular formula is C24H29N5. The van der Waals surface area contributed by atoms with Gasteiger partial charge in [0.1, 0.15) is 5.69 Å². The van der Waals surface area contributed by atoms with E-state index in [1.54, 1.807) is 0 Å². The zero-order chi connectivity index (χ0) is 19.8. The quantitative estimate of drug-likeness (QED) is 0.611. The minimum Gasteiger partial charge on any atom is -0.354 e. The number of hydrogen-bond acceptors (Lipinski definition) is 4. The van der Waals surface area contributed by atoms with Crippen molar-refractivity contribution < 1.29 is 0 Å². The van der Waals surface area contributed by atoms with Gasteiger partial charge in [0.2, 0.25) is 0 Å². The predicted octanol–water partition coefficient (Wildman–Crippen LogP) is 5.60. The monoisotopic (exact) mass is 387 g/mol. The number of aromatic amines is 1. The lowest BCUT2D eigenvalue weighted by molar-refractivity contribution is 0.265. The van der Waals surface area contributed by atoms with E-state index in [9.17, 15) is 0 Å². The molecule has 5 nitrogen and oxygen atoms in total. The third kappa shape index (κ3) is 3.61. The van der Waals surface area contributed by atoms with Gasteiger partial charge in [0, 0.05) is 41.6 Å². The van der Waals surface area contributed by atoms with Crippen LogP contribution in [-0.4, -0.2) is 26.6 Å². The fourth-order valence-electron chi connectivity index (χ4n) is 4.83. The summed E-state index contributed by atoms with van der Waals surface area (Å²) in [7, 11) is 0. The van der Waals surface area contributed by atoms with Crippen LogP contribution in [0.4, 0.5) is 5.69 Å². The molecule has 0 saturated heterocycles. The Balaban J connectivity index is 1.40. The molecular weight excluding hydrogens is 358 g/mol. The lowest BCUT2D eigenvalue weighted by Gasteiger charge is -2.35. The number of nitrogens with zero attached hydrogens (tertiary/aromatic N) is 3. The fraction of sp³-hybridized carbons (Fsp3) is 0.417. The highest BCUT2D eigenvalue weighted by Gasteiger charge is 2.22. The van der Waals surface area contributed by atoms with E-state index < -0.39 is 0 Å². The zero-order valence-corrected chi connectivity index (χ0v) is 17.2. The number of aromatic nitrogens is 3. The zero-order valence-electron chi connectivity index (χ0n) is 17.2. The molecule has 1 aromatic carbocycles. The van der Waals surface area contributed by atoms with Gasteiger partial charge in [-0.1, -0.05) is 38.7 Å². The van der Waals surface area contributed by atoms with Crippen LogP contribution < -0.4 is 5.32 Å². The summed E-state index contributed by atoms with van der Waals surface area (Å²) >= 11 is 0. The van der Waals surface area contributed by atoms with E-state index in [0.29, 0.717) is 0 Å². The van der Waals surface area contributed by atoms with Crippen molar-refractivity contribution in [2.45, 2.75) is 52.0 Å². The maximum atomic E-state index is 4.60. The van der Waals surface area contributed by atoms with E-state index in [1.807, 2.05) is 19.2 Å². The summed E-state index contributed by atoms with van der Waals surface area (Å²) in [6.45, 7) is 8.28. The average Bonchev–Trinajstić information content (AvgIpc) is 3.14. The maximum absolute atomic E-state index is 4.60. The molecule has 1 fully saturated rings. The van der Waals surface area contributed by atoms with Gasteiger partial charge in [-0.3, -0.25) is 10.1 Å². The van der Waals surface area contributed by atoms with Gasteiger partial charge < -0.3 is 10.2 Å². The molecule has 0 atom stereocenters. The molecule has 3 aromatic rings. The molecule has 3 heterocycles. The minimum absolute atomic E-state index is 0.885. The first-order valence-electron chi connectivity index (χ1n) is 10.8. The van der Waals surface area contributed by atoms with E-state index in [4.69, 9.17) is 0 Å². The second kappa shape index (κ2) is 7.54. The molecule has 29 heavy (non-hydrogen) atoms. The summed E-state index contributed by atoms with van der Waals surface area (Å²) in [6.07, 6.45) is 10.1.